The van der Waals surface area contributed by atoms with Crippen molar-refractivity contribution in [3.63, 3.8) is 0 Å². The Labute approximate surface area is 195 Å². The lowest BCUT2D eigenvalue weighted by Gasteiger charge is -2.37. The summed E-state index contributed by atoms with van der Waals surface area (Å²) in [5, 5.41) is 12.9. The molecule has 1 aliphatic heterocycles. The SMILES string of the molecule is CCCN(c1ccc([C@H](COC)CC(=O)O)cc1Nc1ccc(OC)nc1)C1CCOCC1. The molecule has 1 aromatic heterocycles. The molecule has 0 aliphatic carbocycles. The maximum Gasteiger partial charge on any atom is 0.304 e. The summed E-state index contributed by atoms with van der Waals surface area (Å²) in [5.74, 6) is -0.533. The van der Waals surface area contributed by atoms with Gasteiger partial charge in [-0.05, 0) is 43.0 Å². The molecule has 180 valence electrons. The number of aliphatic carboxylic acids is 1. The van der Waals surface area contributed by atoms with Gasteiger partial charge in [0.05, 0.1) is 43.4 Å². The van der Waals surface area contributed by atoms with Crippen LogP contribution in [0.4, 0.5) is 17.1 Å². The van der Waals surface area contributed by atoms with Crippen LogP contribution in [0.25, 0.3) is 0 Å². The third-order valence-electron chi connectivity index (χ3n) is 5.91. The highest BCUT2D eigenvalue weighted by molar-refractivity contribution is 5.77. The fraction of sp³-hybridized carbons (Fsp3) is 0.520. The number of nitrogens with zero attached hydrogens (tertiary/aromatic N) is 2. The van der Waals surface area contributed by atoms with Crippen LogP contribution >= 0.6 is 0 Å². The van der Waals surface area contributed by atoms with Gasteiger partial charge in [-0.2, -0.15) is 0 Å². The van der Waals surface area contributed by atoms with E-state index in [9.17, 15) is 9.90 Å². The normalized spacial score (nSPS) is 15.1. The first kappa shape index (κ1) is 24.8. The smallest absolute Gasteiger partial charge is 0.304 e. The largest absolute Gasteiger partial charge is 0.481 e. The van der Waals surface area contributed by atoms with E-state index in [1.165, 1.54) is 0 Å². The number of hydrogen-bond acceptors (Lipinski definition) is 7. The predicted molar refractivity (Wildman–Crippen MR) is 129 cm³/mol. The maximum atomic E-state index is 11.4. The van der Waals surface area contributed by atoms with E-state index in [1.54, 1.807) is 20.4 Å². The van der Waals surface area contributed by atoms with Crippen molar-refractivity contribution in [2.45, 2.75) is 44.6 Å². The van der Waals surface area contributed by atoms with E-state index >= 15 is 0 Å². The molecular weight excluding hydrogens is 422 g/mol. The molecule has 0 amide bonds. The zero-order valence-electron chi connectivity index (χ0n) is 19.8. The van der Waals surface area contributed by atoms with Gasteiger partial charge < -0.3 is 29.5 Å². The number of carbonyl (C=O) groups is 1. The molecule has 1 atom stereocenters. The molecule has 8 heteroatoms. The van der Waals surface area contributed by atoms with Gasteiger partial charge in [0.15, 0.2) is 0 Å². The summed E-state index contributed by atoms with van der Waals surface area (Å²) < 4.78 is 16.1. The van der Waals surface area contributed by atoms with Crippen molar-refractivity contribution in [3.05, 3.63) is 42.1 Å². The summed E-state index contributed by atoms with van der Waals surface area (Å²) in [6, 6.07) is 10.3. The lowest BCUT2D eigenvalue weighted by molar-refractivity contribution is -0.137. The second-order valence-corrected chi connectivity index (χ2v) is 8.28. The van der Waals surface area contributed by atoms with Gasteiger partial charge in [0.25, 0.3) is 0 Å². The number of carboxylic acid groups (broad SMARTS) is 1. The number of methoxy groups -OCH3 is 2. The van der Waals surface area contributed by atoms with Crippen LogP contribution in [0.3, 0.4) is 0 Å². The Kier molecular flexibility index (Phi) is 9.33. The third kappa shape index (κ3) is 6.82. The number of carboxylic acids is 1. The number of pyridine rings is 1. The molecule has 0 radical (unpaired) electrons. The van der Waals surface area contributed by atoms with Crippen molar-refractivity contribution in [2.24, 2.45) is 0 Å². The van der Waals surface area contributed by atoms with Crippen LogP contribution in [-0.2, 0) is 14.3 Å². The van der Waals surface area contributed by atoms with Crippen molar-refractivity contribution < 1.29 is 24.1 Å². The van der Waals surface area contributed by atoms with Crippen LogP contribution in [0.2, 0.25) is 0 Å². The highest BCUT2D eigenvalue weighted by atomic mass is 16.5. The molecule has 1 aliphatic rings. The summed E-state index contributed by atoms with van der Waals surface area (Å²) in [7, 11) is 3.19. The quantitative estimate of drug-likeness (QED) is 0.483. The Morgan fingerprint density at radius 1 is 1.27 bits per heavy atom. The Balaban J connectivity index is 2.00. The first-order valence-corrected chi connectivity index (χ1v) is 11.5. The number of benzene rings is 1. The molecule has 2 aromatic rings. The molecule has 1 aromatic carbocycles. The molecule has 2 N–H and O–H groups in total. The van der Waals surface area contributed by atoms with Crippen LogP contribution in [0.15, 0.2) is 36.5 Å². The zero-order valence-corrected chi connectivity index (χ0v) is 19.8. The van der Waals surface area contributed by atoms with E-state index in [0.717, 1.165) is 61.6 Å². The maximum absolute atomic E-state index is 11.4. The van der Waals surface area contributed by atoms with Crippen molar-refractivity contribution in [1.82, 2.24) is 4.98 Å². The summed E-state index contributed by atoms with van der Waals surface area (Å²) >= 11 is 0. The lowest BCUT2D eigenvalue weighted by Crippen LogP contribution is -2.40. The van der Waals surface area contributed by atoms with Gasteiger partial charge in [-0.25, -0.2) is 4.98 Å². The molecule has 0 unspecified atom stereocenters. The summed E-state index contributed by atoms with van der Waals surface area (Å²) in [6.07, 6.45) is 4.73. The Bertz CT molecular complexity index is 884. The average Bonchev–Trinajstić information content (AvgIpc) is 2.83. The van der Waals surface area contributed by atoms with Gasteiger partial charge in [0, 0.05) is 44.9 Å². The van der Waals surface area contributed by atoms with Crippen LogP contribution in [0.1, 0.15) is 44.1 Å². The molecular formula is C25H35N3O5. The molecule has 3 rings (SSSR count). The van der Waals surface area contributed by atoms with E-state index in [2.05, 4.69) is 28.2 Å². The summed E-state index contributed by atoms with van der Waals surface area (Å²) in [4.78, 5) is 18.2. The molecule has 1 fully saturated rings. The van der Waals surface area contributed by atoms with Crippen molar-refractivity contribution in [2.75, 3.05) is 50.8 Å². The standard InChI is InChI=1S/C25H35N3O5/c1-4-11-28(21-9-12-33-13-10-21)23-7-5-18(19(17-31-2)15-25(29)30)14-22(23)27-20-6-8-24(32-3)26-16-20/h5-8,14,16,19,21,27H,4,9-13,15,17H2,1-3H3,(H,29,30)/t19-/m0/s1. The number of anilines is 3. The van der Waals surface area contributed by atoms with Gasteiger partial charge >= 0.3 is 5.97 Å². The Hall–Kier alpha value is -2.84. The Morgan fingerprint density at radius 3 is 2.67 bits per heavy atom. The van der Waals surface area contributed by atoms with Gasteiger partial charge in [0.2, 0.25) is 5.88 Å². The number of nitrogens with one attached hydrogen (secondary N) is 1. The topological polar surface area (TPSA) is 93.2 Å². The second-order valence-electron chi connectivity index (χ2n) is 8.28. The number of hydrogen-bond donors (Lipinski definition) is 2. The molecule has 2 heterocycles. The summed E-state index contributed by atoms with van der Waals surface area (Å²) in [5.41, 5.74) is 3.77. The van der Waals surface area contributed by atoms with E-state index in [0.29, 0.717) is 18.5 Å². The summed E-state index contributed by atoms with van der Waals surface area (Å²) in [6.45, 7) is 4.98. The van der Waals surface area contributed by atoms with Crippen LogP contribution < -0.4 is 15.0 Å². The predicted octanol–water partition coefficient (Wildman–Crippen LogP) is 4.43. The molecule has 0 saturated carbocycles. The first-order valence-electron chi connectivity index (χ1n) is 11.5. The highest BCUT2D eigenvalue weighted by Crippen LogP contribution is 2.36. The minimum absolute atomic E-state index is 0.00928. The molecule has 33 heavy (non-hydrogen) atoms. The van der Waals surface area contributed by atoms with Crippen molar-refractivity contribution in [3.8, 4) is 5.88 Å². The van der Waals surface area contributed by atoms with Crippen LogP contribution in [0.5, 0.6) is 5.88 Å². The van der Waals surface area contributed by atoms with E-state index < -0.39 is 5.97 Å². The van der Waals surface area contributed by atoms with Crippen LogP contribution in [-0.4, -0.2) is 62.7 Å². The van der Waals surface area contributed by atoms with Gasteiger partial charge in [-0.3, -0.25) is 4.79 Å². The lowest BCUT2D eigenvalue weighted by atomic mass is 9.94. The van der Waals surface area contributed by atoms with Gasteiger partial charge in [-0.1, -0.05) is 13.0 Å². The first-order chi connectivity index (χ1) is 16.0. The third-order valence-corrected chi connectivity index (χ3v) is 5.91. The van der Waals surface area contributed by atoms with Crippen LogP contribution in [0, 0.1) is 0 Å². The van der Waals surface area contributed by atoms with E-state index in [4.69, 9.17) is 14.2 Å². The van der Waals surface area contributed by atoms with Crippen molar-refractivity contribution >= 4 is 23.0 Å². The number of aromatic nitrogens is 1. The number of ether oxygens (including phenoxy) is 3. The molecule has 1 saturated heterocycles. The molecule has 0 bridgehead atoms. The molecule has 0 spiro atoms. The van der Waals surface area contributed by atoms with E-state index in [-0.39, 0.29) is 12.3 Å². The minimum atomic E-state index is -0.843. The van der Waals surface area contributed by atoms with E-state index in [1.807, 2.05) is 24.3 Å². The van der Waals surface area contributed by atoms with Gasteiger partial charge in [0.1, 0.15) is 0 Å². The molecule has 8 nitrogen and oxygen atoms in total. The second kappa shape index (κ2) is 12.4. The minimum Gasteiger partial charge on any atom is -0.481 e. The fourth-order valence-corrected chi connectivity index (χ4v) is 4.31. The van der Waals surface area contributed by atoms with Crippen molar-refractivity contribution in [1.29, 1.82) is 0 Å². The number of rotatable bonds is 12. The Morgan fingerprint density at radius 2 is 2.06 bits per heavy atom. The average molecular weight is 458 g/mol. The highest BCUT2D eigenvalue weighted by Gasteiger charge is 2.25. The monoisotopic (exact) mass is 457 g/mol. The van der Waals surface area contributed by atoms with Gasteiger partial charge in [-0.15, -0.1) is 0 Å². The fourth-order valence-electron chi connectivity index (χ4n) is 4.31. The zero-order chi connectivity index (χ0) is 23.6.